The summed E-state index contributed by atoms with van der Waals surface area (Å²) in [6, 6.07) is 14.2. The number of anilines is 1. The Morgan fingerprint density at radius 2 is 1.83 bits per heavy atom. The minimum absolute atomic E-state index is 0.000195. The lowest BCUT2D eigenvalue weighted by Gasteiger charge is -2.22. The lowest BCUT2D eigenvalue weighted by Crippen LogP contribution is -2.39. The van der Waals surface area contributed by atoms with E-state index in [0.29, 0.717) is 0 Å². The second kappa shape index (κ2) is 10.3. The predicted molar refractivity (Wildman–Crippen MR) is 120 cm³/mol. The highest BCUT2D eigenvalue weighted by molar-refractivity contribution is 9.10. The van der Waals surface area contributed by atoms with E-state index in [2.05, 4.69) is 33.4 Å². The first kappa shape index (κ1) is 21.9. The molecular formula is C22H27BrN2O3Si. The molecule has 0 saturated heterocycles. The Bertz CT molecular complexity index is 890. The Morgan fingerprint density at radius 3 is 2.62 bits per heavy atom. The summed E-state index contributed by atoms with van der Waals surface area (Å²) < 4.78 is 16.1. The first-order chi connectivity index (χ1) is 14.0. The Hall–Kier alpha value is -1.83. The second-order valence-electron chi connectivity index (χ2n) is 7.45. The molecule has 2 N–H and O–H groups in total. The van der Waals surface area contributed by atoms with E-state index in [4.69, 9.17) is 5.11 Å². The molecule has 1 aliphatic rings. The number of rotatable bonds is 9. The standard InChI is InChI=1S/C22H27BrN2O3Si/c1-25-19-10-7-6-9-17(19)22(18-13-12-16(23)15-20(18)29(25)28)24-14-8-4-2-3-5-11-21(26)27/h6-7,9-10,12-13,15,22,24H,2-5,8,11,14H2,1H3,(H,26,27). The topological polar surface area (TPSA) is 69.6 Å². The highest BCUT2D eigenvalue weighted by Crippen LogP contribution is 2.33. The molecule has 1 unspecified atom stereocenters. The maximum Gasteiger partial charge on any atom is 0.435 e. The molecule has 154 valence electrons. The van der Waals surface area contributed by atoms with Gasteiger partial charge in [0.2, 0.25) is 0 Å². The first-order valence-electron chi connectivity index (χ1n) is 10.1. The molecule has 3 rings (SSSR count). The first-order valence-corrected chi connectivity index (χ1v) is 12.3. The van der Waals surface area contributed by atoms with Gasteiger partial charge < -0.3 is 19.5 Å². The van der Waals surface area contributed by atoms with Crippen molar-refractivity contribution in [3.63, 3.8) is 0 Å². The molecule has 2 aromatic rings. The molecule has 1 atom stereocenters. The molecule has 0 spiro atoms. The molecule has 5 nitrogen and oxygen atoms in total. The number of unbranched alkanes of at least 4 members (excludes halogenated alkanes) is 4. The van der Waals surface area contributed by atoms with Crippen molar-refractivity contribution in [2.24, 2.45) is 0 Å². The van der Waals surface area contributed by atoms with E-state index in [0.717, 1.165) is 65.1 Å². The van der Waals surface area contributed by atoms with Crippen LogP contribution in [-0.2, 0) is 9.26 Å². The zero-order chi connectivity index (χ0) is 20.8. The molecule has 0 aliphatic carbocycles. The molecule has 0 bridgehead atoms. The summed E-state index contributed by atoms with van der Waals surface area (Å²) in [6.07, 6.45) is 5.13. The number of para-hydroxylation sites is 1. The van der Waals surface area contributed by atoms with Crippen LogP contribution < -0.4 is 15.1 Å². The second-order valence-corrected chi connectivity index (χ2v) is 10.2. The van der Waals surface area contributed by atoms with E-state index in [-0.39, 0.29) is 12.5 Å². The number of nitrogens with one attached hydrogen (secondary N) is 1. The van der Waals surface area contributed by atoms with Crippen LogP contribution in [0.25, 0.3) is 0 Å². The van der Waals surface area contributed by atoms with E-state index in [9.17, 15) is 9.26 Å². The van der Waals surface area contributed by atoms with Gasteiger partial charge in [-0.05, 0) is 48.7 Å². The quantitative estimate of drug-likeness (QED) is 0.422. The zero-order valence-electron chi connectivity index (χ0n) is 16.7. The van der Waals surface area contributed by atoms with Crippen LogP contribution >= 0.6 is 15.9 Å². The van der Waals surface area contributed by atoms with E-state index < -0.39 is 14.8 Å². The number of hydrogen-bond acceptors (Lipinski definition) is 3. The molecule has 0 aromatic heterocycles. The minimum atomic E-state index is -2.12. The maximum atomic E-state index is 13.2. The molecular weight excluding hydrogens is 448 g/mol. The number of fused-ring (bicyclic) bond motifs is 2. The molecule has 1 heterocycles. The normalized spacial score (nSPS) is 15.6. The summed E-state index contributed by atoms with van der Waals surface area (Å²) in [4.78, 5) is 10.6. The van der Waals surface area contributed by atoms with Gasteiger partial charge in [0, 0.05) is 28.8 Å². The van der Waals surface area contributed by atoms with Gasteiger partial charge in [-0.25, -0.2) is 0 Å². The summed E-state index contributed by atoms with van der Waals surface area (Å²) in [7, 11) is -0.209. The van der Waals surface area contributed by atoms with Crippen LogP contribution in [0.15, 0.2) is 46.9 Å². The van der Waals surface area contributed by atoms with Gasteiger partial charge in [-0.15, -0.1) is 0 Å². The number of benzene rings is 2. The summed E-state index contributed by atoms with van der Waals surface area (Å²) in [5.41, 5.74) is 3.24. The van der Waals surface area contributed by atoms with Crippen molar-refractivity contribution in [2.75, 3.05) is 18.2 Å². The van der Waals surface area contributed by atoms with E-state index in [1.165, 1.54) is 0 Å². The monoisotopic (exact) mass is 474 g/mol. The van der Waals surface area contributed by atoms with Crippen LogP contribution in [0, 0.1) is 0 Å². The summed E-state index contributed by atoms with van der Waals surface area (Å²) >= 11 is 3.52. The predicted octanol–water partition coefficient (Wildman–Crippen LogP) is 4.13. The van der Waals surface area contributed by atoms with Gasteiger partial charge in [0.15, 0.2) is 0 Å². The molecule has 0 saturated carbocycles. The van der Waals surface area contributed by atoms with E-state index in [1.54, 1.807) is 0 Å². The number of halogens is 1. The molecule has 29 heavy (non-hydrogen) atoms. The molecule has 7 heteroatoms. The third kappa shape index (κ3) is 5.41. The van der Waals surface area contributed by atoms with Crippen LogP contribution in [-0.4, -0.2) is 33.5 Å². The van der Waals surface area contributed by atoms with Crippen LogP contribution in [0.1, 0.15) is 55.7 Å². The smallest absolute Gasteiger partial charge is 0.435 e. The number of carboxylic acid groups (broad SMARTS) is 1. The van der Waals surface area contributed by atoms with Crippen molar-refractivity contribution in [2.45, 2.75) is 44.6 Å². The molecule has 0 radical (unpaired) electrons. The summed E-state index contributed by atoms with van der Waals surface area (Å²) in [5.74, 6) is -0.715. The fourth-order valence-corrected chi connectivity index (χ4v) is 5.97. The van der Waals surface area contributed by atoms with Crippen LogP contribution in [0.4, 0.5) is 5.69 Å². The average molecular weight is 475 g/mol. The van der Waals surface area contributed by atoms with Gasteiger partial charge in [-0.3, -0.25) is 4.79 Å². The Balaban J connectivity index is 1.71. The molecule has 1 aliphatic heterocycles. The highest BCUT2D eigenvalue weighted by atomic mass is 79.9. The summed E-state index contributed by atoms with van der Waals surface area (Å²) in [6.45, 7) is 0.859. The number of nitrogens with zero attached hydrogens (tertiary/aromatic N) is 1. The Labute approximate surface area is 182 Å². The zero-order valence-corrected chi connectivity index (χ0v) is 19.2. The summed E-state index contributed by atoms with van der Waals surface area (Å²) in [5, 5.41) is 13.3. The number of carbonyl (C=O) groups is 1. The SMILES string of the molecule is CN1c2ccccc2C(NCCCCCCCC(=O)O)c2ccc(Br)cc2[Si]1=O. The van der Waals surface area contributed by atoms with Crippen LogP contribution in [0.3, 0.4) is 0 Å². The van der Waals surface area contributed by atoms with Crippen molar-refractivity contribution in [3.8, 4) is 0 Å². The van der Waals surface area contributed by atoms with Gasteiger partial charge >= 0.3 is 14.8 Å². The largest absolute Gasteiger partial charge is 0.481 e. The number of aliphatic carboxylic acids is 1. The van der Waals surface area contributed by atoms with Gasteiger partial charge in [0.1, 0.15) is 0 Å². The van der Waals surface area contributed by atoms with Gasteiger partial charge in [-0.1, -0.05) is 59.5 Å². The molecule has 0 amide bonds. The van der Waals surface area contributed by atoms with Crippen LogP contribution in [0.2, 0.25) is 0 Å². The fourth-order valence-electron chi connectivity index (χ4n) is 3.86. The fraction of sp³-hybridized carbons (Fsp3) is 0.409. The minimum Gasteiger partial charge on any atom is -0.481 e. The number of hydrogen-bond donors (Lipinski definition) is 2. The Morgan fingerprint density at radius 1 is 1.10 bits per heavy atom. The lowest BCUT2D eigenvalue weighted by molar-refractivity contribution is -0.137. The third-order valence-electron chi connectivity index (χ3n) is 5.39. The maximum absolute atomic E-state index is 13.2. The molecule has 2 aromatic carbocycles. The average Bonchev–Trinajstić information content (AvgIpc) is 2.79. The van der Waals surface area contributed by atoms with Gasteiger partial charge in [-0.2, -0.15) is 0 Å². The van der Waals surface area contributed by atoms with Crippen molar-refractivity contribution >= 4 is 41.6 Å². The number of carboxylic acids is 1. The highest BCUT2D eigenvalue weighted by Gasteiger charge is 2.31. The Kier molecular flexibility index (Phi) is 7.75. The van der Waals surface area contributed by atoms with Crippen molar-refractivity contribution in [3.05, 3.63) is 58.1 Å². The third-order valence-corrected chi connectivity index (χ3v) is 7.62. The van der Waals surface area contributed by atoms with Crippen molar-refractivity contribution in [1.29, 1.82) is 0 Å². The lowest BCUT2D eigenvalue weighted by atomic mass is 9.96. The van der Waals surface area contributed by atoms with Crippen molar-refractivity contribution in [1.82, 2.24) is 5.32 Å². The van der Waals surface area contributed by atoms with Crippen molar-refractivity contribution < 1.29 is 14.4 Å². The van der Waals surface area contributed by atoms with Gasteiger partial charge in [0.05, 0.1) is 6.04 Å². The van der Waals surface area contributed by atoms with E-state index >= 15 is 0 Å². The van der Waals surface area contributed by atoms with E-state index in [1.807, 2.05) is 41.9 Å². The van der Waals surface area contributed by atoms with Crippen LogP contribution in [0.5, 0.6) is 0 Å². The van der Waals surface area contributed by atoms with Gasteiger partial charge in [0.25, 0.3) is 0 Å². The molecule has 0 fully saturated rings.